The van der Waals surface area contributed by atoms with E-state index < -0.39 is 25.4 Å². The van der Waals surface area contributed by atoms with Gasteiger partial charge in [0.25, 0.3) is 5.69 Å². The molecule has 0 atom stereocenters. The van der Waals surface area contributed by atoms with Gasteiger partial charge in [-0.05, 0) is 39.3 Å². The monoisotopic (exact) mass is 435 g/mol. The van der Waals surface area contributed by atoms with Crippen LogP contribution in [-0.2, 0) is 13.3 Å². The molecule has 0 aliphatic carbocycles. The molecule has 11 heteroatoms. The molecular formula is C16H25NO7S2Si. The summed E-state index contributed by atoms with van der Waals surface area (Å²) in [5.41, 5.74) is -0.709. The molecular weight excluding hydrogens is 410 g/mol. The molecule has 1 aromatic carbocycles. The van der Waals surface area contributed by atoms with E-state index in [-0.39, 0.29) is 5.56 Å². The largest absolute Gasteiger partial charge is 0.500 e. The van der Waals surface area contributed by atoms with Gasteiger partial charge in [0, 0.05) is 42.6 Å². The van der Waals surface area contributed by atoms with E-state index in [4.69, 9.17) is 18.4 Å². The fourth-order valence-corrected chi connectivity index (χ4v) is 7.31. The van der Waals surface area contributed by atoms with Crippen molar-refractivity contribution in [2.75, 3.05) is 25.6 Å². The second-order valence-electron chi connectivity index (χ2n) is 5.23. The number of carboxylic acids is 1. The lowest BCUT2D eigenvalue weighted by Gasteiger charge is -2.28. The molecule has 1 N–H and O–H groups in total. The topological polar surface area (TPSA) is 108 Å². The Morgan fingerprint density at radius 2 is 1.78 bits per heavy atom. The number of nitro benzene ring substituents is 1. The van der Waals surface area contributed by atoms with Crippen LogP contribution >= 0.6 is 21.6 Å². The zero-order valence-corrected chi connectivity index (χ0v) is 18.3. The van der Waals surface area contributed by atoms with Crippen molar-refractivity contribution in [3.63, 3.8) is 0 Å². The van der Waals surface area contributed by atoms with Crippen LogP contribution in [0.1, 0.15) is 37.6 Å². The SMILES string of the molecule is CCO[Si](CCCSSc1ccc(C(=O)O)c([N+](=O)[O-])c1)(OCC)OCC. The van der Waals surface area contributed by atoms with Crippen molar-refractivity contribution in [1.29, 1.82) is 0 Å². The van der Waals surface area contributed by atoms with Crippen molar-refractivity contribution in [2.24, 2.45) is 0 Å². The number of benzene rings is 1. The molecule has 8 nitrogen and oxygen atoms in total. The summed E-state index contributed by atoms with van der Waals surface area (Å²) >= 11 is 0. The molecule has 0 bridgehead atoms. The van der Waals surface area contributed by atoms with Gasteiger partial charge >= 0.3 is 14.8 Å². The Morgan fingerprint density at radius 1 is 1.19 bits per heavy atom. The third-order valence-electron chi connectivity index (χ3n) is 3.35. The van der Waals surface area contributed by atoms with Gasteiger partial charge in [0.05, 0.1) is 4.92 Å². The normalized spacial score (nSPS) is 11.5. The predicted molar refractivity (Wildman–Crippen MR) is 108 cm³/mol. The number of nitrogens with zero attached hydrogens (tertiary/aromatic N) is 1. The molecule has 27 heavy (non-hydrogen) atoms. The van der Waals surface area contributed by atoms with Crippen molar-refractivity contribution in [3.05, 3.63) is 33.9 Å². The number of carboxylic acid groups (broad SMARTS) is 1. The van der Waals surface area contributed by atoms with Crippen LogP contribution in [-0.4, -0.2) is 50.4 Å². The van der Waals surface area contributed by atoms with Crippen molar-refractivity contribution in [1.82, 2.24) is 0 Å². The molecule has 0 saturated heterocycles. The molecule has 152 valence electrons. The Morgan fingerprint density at radius 3 is 2.26 bits per heavy atom. The van der Waals surface area contributed by atoms with Gasteiger partial charge in [-0.3, -0.25) is 10.1 Å². The molecule has 0 radical (unpaired) electrons. The van der Waals surface area contributed by atoms with E-state index in [1.165, 1.54) is 33.7 Å². The first kappa shape index (κ1) is 23.9. The van der Waals surface area contributed by atoms with E-state index in [1.807, 2.05) is 20.8 Å². The van der Waals surface area contributed by atoms with Gasteiger partial charge in [-0.1, -0.05) is 21.6 Å². The average molecular weight is 436 g/mol. The standard InChI is InChI=1S/C16H25NO7S2Si/c1-4-22-27(23-5-2,24-6-3)11-7-10-25-26-13-8-9-14(16(18)19)15(12-13)17(20)21/h8-9,12H,4-7,10-11H2,1-3H3,(H,18,19). The second kappa shape index (κ2) is 12.4. The quantitative estimate of drug-likeness (QED) is 0.149. The Labute approximate surface area is 167 Å². The Hall–Kier alpha value is -1.11. The van der Waals surface area contributed by atoms with Crippen LogP contribution < -0.4 is 0 Å². The van der Waals surface area contributed by atoms with Crippen molar-refractivity contribution < 1.29 is 28.1 Å². The number of hydrogen-bond acceptors (Lipinski definition) is 8. The molecule has 0 aromatic heterocycles. The first-order valence-corrected chi connectivity index (χ1v) is 12.9. The minimum atomic E-state index is -2.65. The van der Waals surface area contributed by atoms with Gasteiger partial charge in [0.15, 0.2) is 0 Å². The van der Waals surface area contributed by atoms with Gasteiger partial charge in [0.2, 0.25) is 0 Å². The Kier molecular flexibility index (Phi) is 11.0. The van der Waals surface area contributed by atoms with Crippen LogP contribution in [0.25, 0.3) is 0 Å². The minimum Gasteiger partial charge on any atom is -0.477 e. The lowest BCUT2D eigenvalue weighted by molar-refractivity contribution is -0.385. The highest BCUT2D eigenvalue weighted by molar-refractivity contribution is 8.76. The van der Waals surface area contributed by atoms with Crippen LogP contribution in [0.3, 0.4) is 0 Å². The molecule has 0 amide bonds. The summed E-state index contributed by atoms with van der Waals surface area (Å²) in [6.07, 6.45) is 0.819. The van der Waals surface area contributed by atoms with E-state index in [0.717, 1.165) is 12.2 Å². The minimum absolute atomic E-state index is 0.310. The Balaban J connectivity index is 2.59. The predicted octanol–water partition coefficient (Wildman–Crippen LogP) is 4.47. The molecule has 0 spiro atoms. The smallest absolute Gasteiger partial charge is 0.477 e. The van der Waals surface area contributed by atoms with Gasteiger partial charge < -0.3 is 18.4 Å². The van der Waals surface area contributed by atoms with Crippen LogP contribution in [0.5, 0.6) is 0 Å². The molecule has 0 aliphatic rings. The van der Waals surface area contributed by atoms with Crippen LogP contribution in [0.15, 0.2) is 23.1 Å². The van der Waals surface area contributed by atoms with Crippen molar-refractivity contribution in [2.45, 2.75) is 38.1 Å². The molecule has 0 saturated carbocycles. The molecule has 0 aliphatic heterocycles. The second-order valence-corrected chi connectivity index (χ2v) is 10.5. The van der Waals surface area contributed by atoms with Gasteiger partial charge in [0.1, 0.15) is 5.56 Å². The highest BCUT2D eigenvalue weighted by atomic mass is 33.1. The highest BCUT2D eigenvalue weighted by Crippen LogP contribution is 2.35. The van der Waals surface area contributed by atoms with Gasteiger partial charge in [-0.2, -0.15) is 0 Å². The molecule has 1 aromatic rings. The zero-order valence-electron chi connectivity index (χ0n) is 15.6. The number of nitro groups is 1. The molecule has 0 unspecified atom stereocenters. The zero-order chi connectivity index (χ0) is 20.3. The maximum Gasteiger partial charge on any atom is 0.500 e. The van der Waals surface area contributed by atoms with E-state index in [1.54, 1.807) is 6.07 Å². The summed E-state index contributed by atoms with van der Waals surface area (Å²) < 4.78 is 17.4. The first-order valence-electron chi connectivity index (χ1n) is 8.62. The molecule has 0 fully saturated rings. The van der Waals surface area contributed by atoms with Crippen LogP contribution in [0, 0.1) is 10.1 Å². The number of hydrogen-bond donors (Lipinski definition) is 1. The van der Waals surface area contributed by atoms with Gasteiger partial charge in [-0.25, -0.2) is 4.79 Å². The number of aromatic carboxylic acids is 1. The fourth-order valence-electron chi connectivity index (χ4n) is 2.35. The summed E-state index contributed by atoms with van der Waals surface area (Å²) in [6.45, 7) is 7.35. The van der Waals surface area contributed by atoms with E-state index in [2.05, 4.69) is 0 Å². The number of rotatable bonds is 14. The summed E-state index contributed by atoms with van der Waals surface area (Å²) in [5.74, 6) is -0.531. The summed E-state index contributed by atoms with van der Waals surface area (Å²) in [5, 5.41) is 20.0. The third-order valence-corrected chi connectivity index (χ3v) is 8.96. The lowest BCUT2D eigenvalue weighted by atomic mass is 10.2. The van der Waals surface area contributed by atoms with E-state index >= 15 is 0 Å². The van der Waals surface area contributed by atoms with Crippen LogP contribution in [0.4, 0.5) is 5.69 Å². The average Bonchev–Trinajstić information content (AvgIpc) is 2.61. The molecule has 1 rings (SSSR count). The first-order chi connectivity index (χ1) is 12.9. The maximum atomic E-state index is 11.0. The van der Waals surface area contributed by atoms with Crippen LogP contribution in [0.2, 0.25) is 6.04 Å². The Bertz CT molecular complexity index is 616. The lowest BCUT2D eigenvalue weighted by Crippen LogP contribution is -2.46. The summed E-state index contributed by atoms with van der Waals surface area (Å²) in [6, 6.07) is 4.84. The van der Waals surface area contributed by atoms with Crippen molar-refractivity contribution >= 4 is 42.0 Å². The summed E-state index contributed by atoms with van der Waals surface area (Å²) in [4.78, 5) is 22.0. The highest BCUT2D eigenvalue weighted by Gasteiger charge is 2.39. The van der Waals surface area contributed by atoms with E-state index in [9.17, 15) is 14.9 Å². The fraction of sp³-hybridized carbons (Fsp3) is 0.562. The van der Waals surface area contributed by atoms with Crippen molar-refractivity contribution in [3.8, 4) is 0 Å². The van der Waals surface area contributed by atoms with Gasteiger partial charge in [-0.15, -0.1) is 0 Å². The summed E-state index contributed by atoms with van der Waals surface area (Å²) in [7, 11) is 0.268. The number of carbonyl (C=O) groups is 1. The van der Waals surface area contributed by atoms with E-state index in [0.29, 0.717) is 30.8 Å². The molecule has 0 heterocycles. The third kappa shape index (κ3) is 7.80. The maximum absolute atomic E-state index is 11.0.